The van der Waals surface area contributed by atoms with Crippen molar-refractivity contribution in [3.05, 3.63) is 158 Å². The van der Waals surface area contributed by atoms with Gasteiger partial charge in [0.05, 0.1) is 41.3 Å². The van der Waals surface area contributed by atoms with E-state index in [0.717, 1.165) is 78.9 Å². The third kappa shape index (κ3) is 21.4. The molecule has 11 bridgehead atoms. The highest BCUT2D eigenvalue weighted by Crippen LogP contribution is 2.51. The van der Waals surface area contributed by atoms with Crippen molar-refractivity contribution in [1.29, 1.82) is 0 Å². The summed E-state index contributed by atoms with van der Waals surface area (Å²) in [6, 6.07) is 7.17. The number of benzene rings is 6. The van der Waals surface area contributed by atoms with E-state index in [0.29, 0.717) is 15.3 Å². The van der Waals surface area contributed by atoms with E-state index in [2.05, 4.69) is 47.3 Å². The number of aliphatic hydroxyl groups excluding tert-OH is 8. The summed E-state index contributed by atoms with van der Waals surface area (Å²) in [6.45, 7) is 5.14. The van der Waals surface area contributed by atoms with Gasteiger partial charge >= 0.3 is 12.3 Å². The van der Waals surface area contributed by atoms with E-state index in [1.807, 2.05) is 0 Å². The lowest BCUT2D eigenvalue weighted by atomic mass is 9.86. The number of ether oxygens (including phenoxy) is 9. The minimum absolute atomic E-state index is 0.0837. The molecule has 0 radical (unpaired) electrons. The Labute approximate surface area is 744 Å². The highest BCUT2D eigenvalue weighted by molar-refractivity contribution is 7.15. The number of likely N-dealkylation sites (N-methyl/N-ethyl adjacent to an activating group) is 1. The third-order valence-corrected chi connectivity index (χ3v) is 24.1. The first-order chi connectivity index (χ1) is 61.0. The summed E-state index contributed by atoms with van der Waals surface area (Å²) in [4.78, 5) is 122. The normalized spacial score (nSPS) is 29.3. The number of carbonyl (C=O) groups excluding carboxylic acids is 7. The van der Waals surface area contributed by atoms with Gasteiger partial charge in [0, 0.05) is 57.6 Å². The van der Waals surface area contributed by atoms with Crippen LogP contribution in [0.3, 0.4) is 0 Å². The van der Waals surface area contributed by atoms with Gasteiger partial charge < -0.3 is 158 Å². The first-order valence-electron chi connectivity index (χ1n) is 40.2. The van der Waals surface area contributed by atoms with Crippen LogP contribution in [0.25, 0.3) is 21.6 Å². The fourth-order valence-corrected chi connectivity index (χ4v) is 17.2. The molecule has 4 unspecified atom stereocenters. The Morgan fingerprint density at radius 1 is 0.674 bits per heavy atom. The maximum atomic E-state index is 16.4. The van der Waals surface area contributed by atoms with E-state index in [4.69, 9.17) is 72.6 Å². The zero-order chi connectivity index (χ0) is 93.4. The van der Waals surface area contributed by atoms with Crippen LogP contribution in [0.15, 0.2) is 115 Å². The molecule has 7 aromatic rings. The van der Waals surface area contributed by atoms with E-state index in [1.165, 1.54) is 56.5 Å². The lowest BCUT2D eigenvalue weighted by molar-refractivity contribution is -0.350. The van der Waals surface area contributed by atoms with Gasteiger partial charge in [0.2, 0.25) is 53.4 Å². The van der Waals surface area contributed by atoms with Gasteiger partial charge in [-0.1, -0.05) is 55.2 Å². The molecular formula is C84H93Cl2F3N10O29S. The van der Waals surface area contributed by atoms with E-state index in [1.54, 1.807) is 26.0 Å². The van der Waals surface area contributed by atoms with Crippen LogP contribution < -0.4 is 72.9 Å². The monoisotopic (exact) mass is 1860 g/mol. The molecule has 9 heterocycles. The summed E-state index contributed by atoms with van der Waals surface area (Å²) in [6.07, 6.45) is -34.8. The number of nitrogens with one attached hydrogen (secondary N) is 8. The quantitative estimate of drug-likeness (QED) is 0.0491. The summed E-state index contributed by atoms with van der Waals surface area (Å²) in [5, 5.41) is 159. The highest BCUT2D eigenvalue weighted by Gasteiger charge is 2.53. The van der Waals surface area contributed by atoms with Crippen LogP contribution in [0.5, 0.6) is 51.7 Å². The summed E-state index contributed by atoms with van der Waals surface area (Å²) < 4.78 is 93.7. The van der Waals surface area contributed by atoms with Gasteiger partial charge in [-0.05, 0) is 152 Å². The number of fused-ring (bicyclic) bond motifs is 15. The number of aliphatic hydroxyl groups is 8. The number of halogens is 5. The largest absolute Gasteiger partial charge is 0.573 e. The molecule has 45 heteroatoms. The fourth-order valence-electron chi connectivity index (χ4n) is 15.8. The number of carbonyl (C=O) groups is 8. The number of nitrogens with two attached hydrogens (primary N) is 2. The number of phenols is 3. The average molecular weight is 1870 g/mol. The van der Waals surface area contributed by atoms with Gasteiger partial charge in [0.25, 0.3) is 0 Å². The van der Waals surface area contributed by atoms with Gasteiger partial charge in [-0.25, -0.2) is 4.79 Å². The lowest BCUT2D eigenvalue weighted by Crippen LogP contribution is -2.65. The zero-order valence-electron chi connectivity index (χ0n) is 68.8. The smallest absolute Gasteiger partial charge is 0.508 e. The van der Waals surface area contributed by atoms with Crippen LogP contribution >= 0.6 is 34.5 Å². The van der Waals surface area contributed by atoms with Gasteiger partial charge in [-0.2, -0.15) is 0 Å². The van der Waals surface area contributed by atoms with Crippen LogP contribution in [0.4, 0.5) is 13.2 Å². The van der Waals surface area contributed by atoms with Crippen molar-refractivity contribution in [2.75, 3.05) is 20.2 Å². The van der Waals surface area contributed by atoms with Crippen molar-refractivity contribution in [3.8, 4) is 73.3 Å². The number of alkyl halides is 3. The molecule has 0 aliphatic carbocycles. The van der Waals surface area contributed by atoms with Crippen molar-refractivity contribution in [2.24, 2.45) is 17.4 Å². The second kappa shape index (κ2) is 39.4. The van der Waals surface area contributed by atoms with E-state index >= 15 is 24.0 Å². The molecule has 6 aromatic carbocycles. The summed E-state index contributed by atoms with van der Waals surface area (Å²) in [5.41, 5.74) is 8.39. The topological polar surface area (TPSA) is 611 Å². The number of amides is 7. The van der Waals surface area contributed by atoms with Crippen molar-refractivity contribution in [1.82, 2.24) is 42.5 Å². The molecule has 3 fully saturated rings. The SMILES string of the molecule is CN[C@H](CC(C)C)C(=O)NC1C(=O)NC(CC(N)=O)C(=O)N[C@H]2C(=O)N[C@H]3C(=O)N[C@H](C(=O)NC(C(=O)O)c4cc(O)cc(O)c4-c4cc3ccc4O)[C@H](OC3C[C@](C)(N)[C@@H](O)[C@H](C)O3)c3ccc(c(Cl)c3)Oc3cc2cc(c3O[C@@H]2O[C@H](CO)[C@@H](O[C@@H]3O[C@H](CNCc4ccc(-c5ccc(OC(F)(F)F)cc5)s4)[C@H](O)[C@H](O)[C@H]3O)[C@H](O)[C@H]2O)Oc2ccc(cc2Cl)[C@H]1O. The Balaban J connectivity index is 0.946. The standard InChI is InChI=1S/C84H93Cl2F3N10O29S/c1-31(2)18-45(92-5)74(112)98-62-64(105)35-9-15-49(43(85)20-35)121-51-22-37-23-52(71(51)126-82-69(110)67(108)72(54(30-100)124-82)127-81-68(109)66(107)65(106)53(123-81)29-93-28-40-13-17-55(129-40)33-6-11-39(12-7-33)128-84(87,88)89)122-50-16-10-36(21-44(50)86)70(125-57-27-83(4,91)73(111)32(3)120-57)63-79(117)97-61(80(118)119)42-24-38(101)25-48(103)58(42)41-19-34(8-14-47(41)102)59(76(114)99-63)96-77(115)60(37)95-75(113)46(26-56(90)104)94-78(62)116/h6-17,19-25,31-32,45-46,53-54,57,59-70,72-73,81-82,92-93,100-103,105-111H,18,26-30,91H2,1-5H3,(H2,90,104)(H,94,116)(H,95,113)(H,96,115)(H,97,117)(H,98,112)(H,99,114)(H,118,119)/t32-,45+,46?,53+,54+,57?,59+,60+,61?,62?,63-,64+,65-,66-,67+,68+,69+,70+,72+,73-,81-,82-,83-/m0/s1. The predicted molar refractivity (Wildman–Crippen MR) is 443 cm³/mol. The molecule has 23 atom stereocenters. The number of primary amides is 1. The van der Waals surface area contributed by atoms with Crippen molar-refractivity contribution in [2.45, 2.75) is 200 Å². The van der Waals surface area contributed by atoms with Crippen molar-refractivity contribution >= 4 is 81.9 Å². The number of hydrogen-bond donors (Lipinski definition) is 22. The minimum Gasteiger partial charge on any atom is -0.508 e. The molecule has 0 saturated carbocycles. The van der Waals surface area contributed by atoms with Gasteiger partial charge in [-0.3, -0.25) is 33.6 Å². The summed E-state index contributed by atoms with van der Waals surface area (Å²) >= 11 is 15.7. The Morgan fingerprint density at radius 2 is 1.30 bits per heavy atom. The number of carboxylic acids is 1. The molecule has 8 aliphatic rings. The fraction of sp³-hybridized carbons (Fsp3) is 0.429. The molecule has 8 aliphatic heterocycles. The summed E-state index contributed by atoms with van der Waals surface area (Å²) in [7, 11) is 1.45. The van der Waals surface area contributed by atoms with Crippen LogP contribution in [-0.4, -0.2) is 245 Å². The third-order valence-electron chi connectivity index (χ3n) is 22.4. The van der Waals surface area contributed by atoms with Gasteiger partial charge in [0.1, 0.15) is 126 Å². The minimum atomic E-state index is -4.91. The van der Waals surface area contributed by atoms with Crippen LogP contribution in [0.1, 0.15) is 110 Å². The number of aromatic hydroxyl groups is 3. The first kappa shape index (κ1) is 95.7. The Morgan fingerprint density at radius 3 is 1.93 bits per heavy atom. The predicted octanol–water partition coefficient (Wildman–Crippen LogP) is 2.36. The Hall–Kier alpha value is -10.9. The van der Waals surface area contributed by atoms with Gasteiger partial charge in [-0.15, -0.1) is 24.5 Å². The van der Waals surface area contributed by atoms with Crippen molar-refractivity contribution in [3.63, 3.8) is 0 Å². The number of carboxylic acid groups (broad SMARTS) is 1. The molecule has 7 amide bonds. The lowest BCUT2D eigenvalue weighted by Gasteiger charge is -2.46. The maximum Gasteiger partial charge on any atom is 0.573 e. The van der Waals surface area contributed by atoms with E-state index in [-0.39, 0.29) is 43.0 Å². The average Bonchev–Trinajstić information content (AvgIpc) is 1.54. The molecule has 129 heavy (non-hydrogen) atoms. The van der Waals surface area contributed by atoms with Crippen LogP contribution in [-0.2, 0) is 68.6 Å². The number of rotatable bonds is 21. The Bertz CT molecular complexity index is 5370. The summed E-state index contributed by atoms with van der Waals surface area (Å²) in [5.74, 6) is -17.4. The second-order valence-electron chi connectivity index (χ2n) is 32.3. The molecule has 0 spiro atoms. The van der Waals surface area contributed by atoms with Crippen molar-refractivity contribution < 1.29 is 155 Å². The second-order valence-corrected chi connectivity index (χ2v) is 34.3. The molecule has 24 N–H and O–H groups in total. The van der Waals surface area contributed by atoms with E-state index in [9.17, 15) is 88.8 Å². The highest BCUT2D eigenvalue weighted by atomic mass is 35.5. The van der Waals surface area contributed by atoms with Gasteiger partial charge in [0.15, 0.2) is 30.1 Å². The molecule has 1 aromatic heterocycles. The Kier molecular flexibility index (Phi) is 29.2. The number of aliphatic carboxylic acids is 1. The molecule has 3 saturated heterocycles. The molecule has 15 rings (SSSR count). The first-order valence-corrected chi connectivity index (χ1v) is 41.8. The number of hydrogen-bond acceptors (Lipinski definition) is 32. The van der Waals surface area contributed by atoms with E-state index < -0.39 is 296 Å². The molecule has 694 valence electrons. The van der Waals surface area contributed by atoms with Crippen LogP contribution in [0.2, 0.25) is 10.0 Å². The number of phenolic OH excluding ortho intramolecular Hbond substituents is 3. The molecule has 39 nitrogen and oxygen atoms in total. The molecular weight excluding hydrogens is 1770 g/mol. The van der Waals surface area contributed by atoms with Crippen LogP contribution in [0, 0.1) is 5.92 Å². The zero-order valence-corrected chi connectivity index (χ0v) is 71.1. The number of thiophene rings is 1. The maximum absolute atomic E-state index is 16.4.